The first kappa shape index (κ1) is 12.7. The maximum Gasteiger partial charge on any atom is 0.0523 e. The van der Waals surface area contributed by atoms with Crippen LogP contribution in [-0.4, -0.2) is 4.98 Å². The molecule has 3 N–H and O–H groups in total. The minimum Gasteiger partial charge on any atom is -0.271 e. The van der Waals surface area contributed by atoms with Gasteiger partial charge in [-0.2, -0.15) is 0 Å². The molecule has 0 aliphatic carbocycles. The van der Waals surface area contributed by atoms with Crippen LogP contribution in [0.15, 0.2) is 34.2 Å². The monoisotopic (exact) mass is 311 g/mol. The maximum atomic E-state index is 5.61. The van der Waals surface area contributed by atoms with Gasteiger partial charge in [-0.1, -0.05) is 6.07 Å². The van der Waals surface area contributed by atoms with Gasteiger partial charge in [0, 0.05) is 33.0 Å². The highest BCUT2D eigenvalue weighted by molar-refractivity contribution is 9.10. The van der Waals surface area contributed by atoms with Gasteiger partial charge in [-0.25, -0.2) is 0 Å². The van der Waals surface area contributed by atoms with Crippen LogP contribution >= 0.6 is 27.3 Å². The number of hydrogen-bond donors (Lipinski definition) is 2. The molecule has 2 heterocycles. The number of nitrogens with zero attached hydrogens (tertiary/aromatic N) is 1. The molecule has 0 aliphatic rings. The number of thiophene rings is 1. The van der Waals surface area contributed by atoms with Crippen LogP contribution in [0, 0.1) is 6.92 Å². The van der Waals surface area contributed by atoms with Gasteiger partial charge in [-0.3, -0.25) is 16.3 Å². The highest BCUT2D eigenvalue weighted by atomic mass is 79.9. The summed E-state index contributed by atoms with van der Waals surface area (Å²) in [6, 6.07) is 6.30. The molecule has 0 saturated carbocycles. The minimum atomic E-state index is 0.105. The van der Waals surface area contributed by atoms with Gasteiger partial charge < -0.3 is 0 Å². The molecule has 0 radical (unpaired) electrons. The van der Waals surface area contributed by atoms with Crippen molar-refractivity contribution in [3.05, 3.63) is 50.4 Å². The number of rotatable bonds is 4. The SMILES string of the molecule is Cc1ccc(C(Cc2cc(Br)cs2)NN)cn1. The fourth-order valence-corrected chi connectivity index (χ4v) is 3.12. The van der Waals surface area contributed by atoms with E-state index in [0.29, 0.717) is 0 Å². The lowest BCUT2D eigenvalue weighted by atomic mass is 10.1. The van der Waals surface area contributed by atoms with E-state index < -0.39 is 0 Å². The summed E-state index contributed by atoms with van der Waals surface area (Å²) in [5.41, 5.74) is 4.98. The quantitative estimate of drug-likeness (QED) is 0.674. The van der Waals surface area contributed by atoms with Crippen LogP contribution in [0.3, 0.4) is 0 Å². The summed E-state index contributed by atoms with van der Waals surface area (Å²) in [5.74, 6) is 5.61. The third-order valence-corrected chi connectivity index (χ3v) is 4.28. The summed E-state index contributed by atoms with van der Waals surface area (Å²) in [6.45, 7) is 1.98. The van der Waals surface area contributed by atoms with Crippen LogP contribution in [0.4, 0.5) is 0 Å². The summed E-state index contributed by atoms with van der Waals surface area (Å²) in [6.07, 6.45) is 2.75. The standard InChI is InChI=1S/C12H14BrN3S/c1-8-2-3-9(6-15-8)12(16-14)5-11-4-10(13)7-17-11/h2-4,6-7,12,16H,5,14H2,1H3. The number of nitrogens with two attached hydrogens (primary N) is 1. The van der Waals surface area contributed by atoms with Crippen molar-refractivity contribution in [3.63, 3.8) is 0 Å². The van der Waals surface area contributed by atoms with Crippen LogP contribution in [0.5, 0.6) is 0 Å². The van der Waals surface area contributed by atoms with Crippen LogP contribution in [0.25, 0.3) is 0 Å². The van der Waals surface area contributed by atoms with Gasteiger partial charge in [0.1, 0.15) is 0 Å². The zero-order chi connectivity index (χ0) is 12.3. The minimum absolute atomic E-state index is 0.105. The molecule has 1 unspecified atom stereocenters. The van der Waals surface area contributed by atoms with Gasteiger partial charge in [0.2, 0.25) is 0 Å². The van der Waals surface area contributed by atoms with Gasteiger partial charge in [0.25, 0.3) is 0 Å². The van der Waals surface area contributed by atoms with Crippen molar-refractivity contribution in [2.24, 2.45) is 5.84 Å². The van der Waals surface area contributed by atoms with Gasteiger partial charge in [-0.05, 0) is 40.5 Å². The van der Waals surface area contributed by atoms with Gasteiger partial charge >= 0.3 is 0 Å². The first-order valence-electron chi connectivity index (χ1n) is 5.30. The second-order valence-corrected chi connectivity index (χ2v) is 5.80. The third-order valence-electron chi connectivity index (χ3n) is 2.56. The molecule has 2 rings (SSSR count). The molecule has 3 nitrogen and oxygen atoms in total. The summed E-state index contributed by atoms with van der Waals surface area (Å²) < 4.78 is 1.12. The van der Waals surface area contributed by atoms with Crippen LogP contribution in [0.2, 0.25) is 0 Å². The molecule has 0 fully saturated rings. The van der Waals surface area contributed by atoms with Crippen molar-refractivity contribution >= 4 is 27.3 Å². The Hall–Kier alpha value is -0.750. The molecule has 0 aliphatic heterocycles. The summed E-state index contributed by atoms with van der Waals surface area (Å²) in [4.78, 5) is 5.59. The molecule has 90 valence electrons. The van der Waals surface area contributed by atoms with Crippen molar-refractivity contribution in [1.82, 2.24) is 10.4 Å². The van der Waals surface area contributed by atoms with Gasteiger partial charge in [0.05, 0.1) is 6.04 Å². The number of hydrogen-bond acceptors (Lipinski definition) is 4. The highest BCUT2D eigenvalue weighted by Gasteiger charge is 2.12. The van der Waals surface area contributed by atoms with Gasteiger partial charge in [-0.15, -0.1) is 11.3 Å². The van der Waals surface area contributed by atoms with E-state index in [4.69, 9.17) is 5.84 Å². The van der Waals surface area contributed by atoms with Crippen LogP contribution in [-0.2, 0) is 6.42 Å². The molecule has 0 amide bonds. The second kappa shape index (κ2) is 5.73. The van der Waals surface area contributed by atoms with Crippen LogP contribution in [0.1, 0.15) is 22.2 Å². The third kappa shape index (κ3) is 3.35. The molecule has 5 heteroatoms. The fourth-order valence-electron chi connectivity index (χ4n) is 1.62. The van der Waals surface area contributed by atoms with Crippen molar-refractivity contribution in [2.45, 2.75) is 19.4 Å². The largest absolute Gasteiger partial charge is 0.271 e. The first-order valence-corrected chi connectivity index (χ1v) is 6.98. The number of pyridine rings is 1. The Morgan fingerprint density at radius 2 is 2.35 bits per heavy atom. The van der Waals surface area contributed by atoms with E-state index in [1.54, 1.807) is 11.3 Å². The zero-order valence-electron chi connectivity index (χ0n) is 9.48. The number of halogens is 1. The Balaban J connectivity index is 2.13. The molecule has 2 aromatic rings. The van der Waals surface area contributed by atoms with E-state index in [-0.39, 0.29) is 6.04 Å². The fraction of sp³-hybridized carbons (Fsp3) is 0.250. The Labute approximate surface area is 113 Å². The first-order chi connectivity index (χ1) is 8.19. The average Bonchev–Trinajstić information content (AvgIpc) is 2.73. The predicted octanol–water partition coefficient (Wildman–Crippen LogP) is 2.96. The number of nitrogens with one attached hydrogen (secondary N) is 1. The van der Waals surface area contributed by atoms with Crippen molar-refractivity contribution in [2.75, 3.05) is 0 Å². The van der Waals surface area contributed by atoms with E-state index in [0.717, 1.165) is 22.2 Å². The lowest BCUT2D eigenvalue weighted by Gasteiger charge is -2.15. The summed E-state index contributed by atoms with van der Waals surface area (Å²) >= 11 is 5.18. The molecule has 0 spiro atoms. The number of hydrazine groups is 1. The van der Waals surface area contributed by atoms with Gasteiger partial charge in [0.15, 0.2) is 0 Å². The zero-order valence-corrected chi connectivity index (χ0v) is 11.9. The summed E-state index contributed by atoms with van der Waals surface area (Å²) in [7, 11) is 0. The lowest BCUT2D eigenvalue weighted by Crippen LogP contribution is -2.29. The maximum absolute atomic E-state index is 5.61. The average molecular weight is 312 g/mol. The molecular weight excluding hydrogens is 298 g/mol. The molecule has 0 aromatic carbocycles. The molecule has 1 atom stereocenters. The Morgan fingerprint density at radius 3 is 2.88 bits per heavy atom. The van der Waals surface area contributed by atoms with Crippen molar-refractivity contribution in [3.8, 4) is 0 Å². The molecular formula is C12H14BrN3S. The van der Waals surface area contributed by atoms with Crippen LogP contribution < -0.4 is 11.3 Å². The lowest BCUT2D eigenvalue weighted by molar-refractivity contribution is 0.553. The Morgan fingerprint density at radius 1 is 1.53 bits per heavy atom. The van der Waals surface area contributed by atoms with E-state index in [9.17, 15) is 0 Å². The number of aromatic nitrogens is 1. The normalized spacial score (nSPS) is 12.6. The topological polar surface area (TPSA) is 50.9 Å². The molecule has 2 aromatic heterocycles. The summed E-state index contributed by atoms with van der Waals surface area (Å²) in [5, 5.41) is 2.08. The Kier molecular flexibility index (Phi) is 4.28. The highest BCUT2D eigenvalue weighted by Crippen LogP contribution is 2.25. The van der Waals surface area contributed by atoms with Crippen molar-refractivity contribution < 1.29 is 0 Å². The smallest absolute Gasteiger partial charge is 0.0523 e. The predicted molar refractivity (Wildman–Crippen MR) is 74.8 cm³/mol. The van der Waals surface area contributed by atoms with E-state index in [1.165, 1.54) is 4.88 Å². The molecule has 17 heavy (non-hydrogen) atoms. The van der Waals surface area contributed by atoms with E-state index in [2.05, 4.69) is 43.9 Å². The Bertz CT molecular complexity index is 481. The van der Waals surface area contributed by atoms with E-state index in [1.807, 2.05) is 19.2 Å². The second-order valence-electron chi connectivity index (χ2n) is 3.89. The van der Waals surface area contributed by atoms with Crippen molar-refractivity contribution in [1.29, 1.82) is 0 Å². The molecule has 0 bridgehead atoms. The van der Waals surface area contributed by atoms with E-state index >= 15 is 0 Å². The molecule has 0 saturated heterocycles. The number of aryl methyl sites for hydroxylation is 1.